The number of imide groups is 1. The van der Waals surface area contributed by atoms with E-state index in [1.165, 1.54) is 4.90 Å². The van der Waals surface area contributed by atoms with Crippen LogP contribution in [0.3, 0.4) is 0 Å². The average molecular weight is 508 g/mol. The molecular weight excluding hydrogens is 486 g/mol. The molecule has 0 aliphatic carbocycles. The van der Waals surface area contributed by atoms with Crippen LogP contribution in [0.15, 0.2) is 64.8 Å². The van der Waals surface area contributed by atoms with Crippen LogP contribution in [0.4, 0.5) is 22.7 Å². The zero-order chi connectivity index (χ0) is 27.4. The first-order valence-corrected chi connectivity index (χ1v) is 11.6. The molecule has 38 heavy (non-hydrogen) atoms. The monoisotopic (exact) mass is 507 g/mol. The van der Waals surface area contributed by atoms with Crippen molar-refractivity contribution in [2.75, 3.05) is 24.5 Å². The van der Waals surface area contributed by atoms with Gasteiger partial charge in [0.15, 0.2) is 0 Å². The molecule has 0 aromatic heterocycles. The van der Waals surface area contributed by atoms with Gasteiger partial charge in [-0.1, -0.05) is 12.1 Å². The summed E-state index contributed by atoms with van der Waals surface area (Å²) in [7, 11) is 0. The smallest absolute Gasteiger partial charge is 0.272 e. The van der Waals surface area contributed by atoms with Crippen LogP contribution in [0.5, 0.6) is 0 Å². The van der Waals surface area contributed by atoms with Gasteiger partial charge in [-0.2, -0.15) is 15.6 Å². The summed E-state index contributed by atoms with van der Waals surface area (Å²) in [5.41, 5.74) is 2.25. The highest BCUT2D eigenvalue weighted by atomic mass is 16.6. The number of nitriles is 2. The number of anilines is 1. The number of likely N-dealkylation sites (N-methyl/N-ethyl adjacent to an activating group) is 1. The Kier molecular flexibility index (Phi) is 7.21. The maximum atomic E-state index is 12.7. The lowest BCUT2D eigenvalue weighted by molar-refractivity contribution is -0.384. The summed E-state index contributed by atoms with van der Waals surface area (Å²) in [6.07, 6.45) is 0. The Labute approximate surface area is 218 Å². The topological polar surface area (TPSA) is 156 Å². The van der Waals surface area contributed by atoms with Crippen LogP contribution in [0.25, 0.3) is 0 Å². The maximum absolute atomic E-state index is 12.7. The molecule has 4 rings (SSSR count). The molecule has 3 aromatic carbocycles. The third-order valence-electron chi connectivity index (χ3n) is 6.20. The normalized spacial score (nSPS) is 12.4. The number of non-ortho nitro benzene ring substituents is 1. The van der Waals surface area contributed by atoms with E-state index in [4.69, 9.17) is 0 Å². The van der Waals surface area contributed by atoms with Gasteiger partial charge in [0.1, 0.15) is 17.8 Å². The van der Waals surface area contributed by atoms with Gasteiger partial charge >= 0.3 is 0 Å². The molecule has 1 aliphatic heterocycles. The number of nitro groups is 1. The van der Waals surface area contributed by atoms with Crippen molar-refractivity contribution in [3.05, 3.63) is 92.5 Å². The van der Waals surface area contributed by atoms with E-state index >= 15 is 0 Å². The summed E-state index contributed by atoms with van der Waals surface area (Å²) in [4.78, 5) is 39.0. The molecule has 1 heterocycles. The third kappa shape index (κ3) is 4.81. The molecule has 3 aromatic rings. The van der Waals surface area contributed by atoms with E-state index in [1.807, 2.05) is 43.0 Å². The second-order valence-corrected chi connectivity index (χ2v) is 8.43. The molecule has 0 unspecified atom stereocenters. The van der Waals surface area contributed by atoms with Crippen molar-refractivity contribution in [1.82, 2.24) is 4.90 Å². The molecule has 0 bridgehead atoms. The summed E-state index contributed by atoms with van der Waals surface area (Å²) in [6, 6.07) is 18.0. The van der Waals surface area contributed by atoms with Gasteiger partial charge in [0.2, 0.25) is 0 Å². The third-order valence-corrected chi connectivity index (χ3v) is 6.20. The van der Waals surface area contributed by atoms with Crippen molar-refractivity contribution in [1.29, 1.82) is 10.5 Å². The highest BCUT2D eigenvalue weighted by molar-refractivity contribution is 6.21. The summed E-state index contributed by atoms with van der Waals surface area (Å²) < 4.78 is 0. The van der Waals surface area contributed by atoms with Crippen LogP contribution in [-0.4, -0.2) is 41.3 Å². The van der Waals surface area contributed by atoms with Crippen molar-refractivity contribution >= 4 is 34.6 Å². The van der Waals surface area contributed by atoms with Gasteiger partial charge in [-0.25, -0.2) is 0 Å². The highest BCUT2D eigenvalue weighted by Gasteiger charge is 2.34. The van der Waals surface area contributed by atoms with Gasteiger partial charge in [-0.05, 0) is 49.7 Å². The van der Waals surface area contributed by atoms with Crippen molar-refractivity contribution in [3.8, 4) is 12.1 Å². The number of nitro benzene ring substituents is 1. The fourth-order valence-electron chi connectivity index (χ4n) is 4.19. The van der Waals surface area contributed by atoms with Crippen molar-refractivity contribution in [2.45, 2.75) is 13.8 Å². The zero-order valence-corrected chi connectivity index (χ0v) is 20.6. The number of fused-ring (bicyclic) bond motifs is 1. The Morgan fingerprint density at radius 2 is 1.58 bits per heavy atom. The molecule has 188 valence electrons. The first-order valence-electron chi connectivity index (χ1n) is 11.6. The summed E-state index contributed by atoms with van der Waals surface area (Å²) in [5, 5.41) is 38.1. The first-order chi connectivity index (χ1) is 18.3. The number of benzene rings is 3. The number of rotatable bonds is 8. The van der Waals surface area contributed by atoms with E-state index in [0.29, 0.717) is 29.9 Å². The number of carbonyl (C=O) groups is 2. The van der Waals surface area contributed by atoms with Crippen LogP contribution in [0.2, 0.25) is 0 Å². The summed E-state index contributed by atoms with van der Waals surface area (Å²) in [5.74, 6) is -0.596. The summed E-state index contributed by atoms with van der Waals surface area (Å²) in [6.45, 7) is 5.08. The zero-order valence-electron chi connectivity index (χ0n) is 20.6. The number of hydrogen-bond acceptors (Lipinski definition) is 9. The molecule has 11 nitrogen and oxygen atoms in total. The van der Waals surface area contributed by atoms with E-state index < -0.39 is 4.92 Å². The van der Waals surface area contributed by atoms with Crippen LogP contribution >= 0.6 is 0 Å². The number of amides is 2. The first kappa shape index (κ1) is 25.7. The molecule has 11 heteroatoms. The van der Waals surface area contributed by atoms with Crippen molar-refractivity contribution < 1.29 is 14.5 Å². The fraction of sp³-hybridized carbons (Fsp3) is 0.185. The Morgan fingerprint density at radius 3 is 2.08 bits per heavy atom. The molecule has 2 amide bonds. The molecule has 0 radical (unpaired) electrons. The molecule has 0 saturated heterocycles. The lowest BCUT2D eigenvalue weighted by Gasteiger charge is -2.26. The largest absolute Gasteiger partial charge is 0.370 e. The number of carbonyl (C=O) groups excluding carboxylic acids is 2. The average Bonchev–Trinajstić information content (AvgIpc) is 3.17. The molecule has 0 saturated carbocycles. The lowest BCUT2D eigenvalue weighted by atomic mass is 10.1. The minimum absolute atomic E-state index is 0.0415. The number of nitrogens with zero attached hydrogens (tertiary/aromatic N) is 7. The predicted molar refractivity (Wildman–Crippen MR) is 138 cm³/mol. The van der Waals surface area contributed by atoms with Gasteiger partial charge in [-0.3, -0.25) is 24.6 Å². The molecule has 0 atom stereocenters. The van der Waals surface area contributed by atoms with Crippen LogP contribution in [0, 0.1) is 39.7 Å². The minimum atomic E-state index is -0.681. The maximum Gasteiger partial charge on any atom is 0.272 e. The van der Waals surface area contributed by atoms with Gasteiger partial charge in [0, 0.05) is 37.5 Å². The van der Waals surface area contributed by atoms with Gasteiger partial charge in [0.25, 0.3) is 17.5 Å². The van der Waals surface area contributed by atoms with E-state index in [1.54, 1.807) is 30.3 Å². The SMILES string of the molecule is CCN(CCN1C(=O)c2ccccc2C1=O)c1ccc(/N=N/c2c(C#N)cc([N+](=O)[O-])cc2C#N)c(C)c1. The Balaban J connectivity index is 1.52. The van der Waals surface area contributed by atoms with Crippen LogP contribution in [-0.2, 0) is 0 Å². The van der Waals surface area contributed by atoms with Gasteiger partial charge in [-0.15, -0.1) is 5.11 Å². The highest BCUT2D eigenvalue weighted by Crippen LogP contribution is 2.32. The van der Waals surface area contributed by atoms with Crippen molar-refractivity contribution in [2.24, 2.45) is 10.2 Å². The van der Waals surface area contributed by atoms with Crippen LogP contribution < -0.4 is 4.90 Å². The van der Waals surface area contributed by atoms with Crippen LogP contribution in [0.1, 0.15) is 44.3 Å². The number of aryl methyl sites for hydroxylation is 1. The Hall–Kier alpha value is -5.42. The predicted octanol–water partition coefficient (Wildman–Crippen LogP) is 5.18. The molecule has 0 N–H and O–H groups in total. The molecule has 1 aliphatic rings. The van der Waals surface area contributed by atoms with E-state index in [-0.39, 0.29) is 40.9 Å². The second-order valence-electron chi connectivity index (χ2n) is 8.43. The molecule has 0 spiro atoms. The Morgan fingerprint density at radius 1 is 0.974 bits per heavy atom. The van der Waals surface area contributed by atoms with E-state index in [9.17, 15) is 30.2 Å². The quantitative estimate of drug-likeness (QED) is 0.176. The van der Waals surface area contributed by atoms with Crippen molar-refractivity contribution in [3.63, 3.8) is 0 Å². The fourth-order valence-corrected chi connectivity index (χ4v) is 4.19. The lowest BCUT2D eigenvalue weighted by Crippen LogP contribution is -2.38. The van der Waals surface area contributed by atoms with Gasteiger partial charge < -0.3 is 4.90 Å². The second kappa shape index (κ2) is 10.7. The van der Waals surface area contributed by atoms with E-state index in [0.717, 1.165) is 23.4 Å². The number of hydrogen-bond donors (Lipinski definition) is 0. The standard InChI is InChI=1S/C27H21N7O4/c1-3-32(10-11-33-26(35)22-6-4-5-7-23(22)27(33)36)20-8-9-24(17(2)12-20)30-31-25-18(15-28)13-21(34(37)38)14-19(25)16-29/h4-9,12-14H,3,10-11H2,1-2H3/b31-30+. The number of azo groups is 1. The summed E-state index contributed by atoms with van der Waals surface area (Å²) >= 11 is 0. The minimum Gasteiger partial charge on any atom is -0.370 e. The molecular formula is C27H21N7O4. The van der Waals surface area contributed by atoms with Gasteiger partial charge in [0.05, 0.1) is 32.9 Å². The van der Waals surface area contributed by atoms with E-state index in [2.05, 4.69) is 10.2 Å². The Bertz CT molecular complexity index is 1510. The molecule has 0 fully saturated rings.